The molecule has 0 atom stereocenters. The molecule has 0 fully saturated rings. The average molecular weight is 286 g/mol. The average Bonchev–Trinajstić information content (AvgIpc) is 2.51. The van der Waals surface area contributed by atoms with Gasteiger partial charge in [-0.2, -0.15) is 5.26 Å². The second-order valence-electron chi connectivity index (χ2n) is 4.44. The number of ether oxygens (including phenoxy) is 2. The number of nitrogens with two attached hydrogens (primary N) is 1. The Kier molecular flexibility index (Phi) is 4.75. The van der Waals surface area contributed by atoms with Crippen molar-refractivity contribution in [1.82, 2.24) is 0 Å². The number of nitrogens with zero attached hydrogens (tertiary/aromatic N) is 1. The summed E-state index contributed by atoms with van der Waals surface area (Å²) in [6.45, 7) is 0.524. The Labute approximate surface area is 122 Å². The maximum atomic E-state index is 13.4. The van der Waals surface area contributed by atoms with Crippen LogP contribution in [0.2, 0.25) is 0 Å². The monoisotopic (exact) mass is 286 g/mol. The van der Waals surface area contributed by atoms with Crippen LogP contribution in [0.3, 0.4) is 0 Å². The minimum atomic E-state index is -0.463. The standard InChI is InChI=1S/C16H15FN2O2/c1-20-15-3-2-11(8-18)7-16(15)21-10-13-4-12(9-19)5-14(17)6-13/h2-7H,8,10,18H2,1H3. The predicted molar refractivity (Wildman–Crippen MR) is 76.3 cm³/mol. The largest absolute Gasteiger partial charge is 0.493 e. The van der Waals surface area contributed by atoms with Gasteiger partial charge in [-0.3, -0.25) is 0 Å². The Morgan fingerprint density at radius 2 is 1.95 bits per heavy atom. The number of methoxy groups -OCH3 is 1. The van der Waals surface area contributed by atoms with Gasteiger partial charge < -0.3 is 15.2 Å². The van der Waals surface area contributed by atoms with Crippen molar-refractivity contribution in [3.8, 4) is 17.6 Å². The van der Waals surface area contributed by atoms with Gasteiger partial charge in [-0.05, 0) is 41.5 Å². The van der Waals surface area contributed by atoms with Crippen LogP contribution in [-0.2, 0) is 13.2 Å². The maximum Gasteiger partial charge on any atom is 0.161 e. The second-order valence-corrected chi connectivity index (χ2v) is 4.44. The molecule has 0 radical (unpaired) electrons. The Bertz CT molecular complexity index is 680. The number of hydrogen-bond donors (Lipinski definition) is 1. The molecular formula is C16H15FN2O2. The quantitative estimate of drug-likeness (QED) is 0.917. The minimum Gasteiger partial charge on any atom is -0.493 e. The molecule has 0 aliphatic rings. The van der Waals surface area contributed by atoms with Gasteiger partial charge in [-0.15, -0.1) is 0 Å². The van der Waals surface area contributed by atoms with E-state index >= 15 is 0 Å². The lowest BCUT2D eigenvalue weighted by molar-refractivity contribution is 0.283. The van der Waals surface area contributed by atoms with Crippen molar-refractivity contribution in [2.24, 2.45) is 5.73 Å². The van der Waals surface area contributed by atoms with Crippen LogP contribution in [-0.4, -0.2) is 7.11 Å². The third-order valence-corrected chi connectivity index (χ3v) is 2.94. The Morgan fingerprint density at radius 3 is 2.62 bits per heavy atom. The van der Waals surface area contributed by atoms with E-state index in [1.54, 1.807) is 25.3 Å². The molecule has 2 N–H and O–H groups in total. The molecule has 0 bridgehead atoms. The zero-order valence-corrected chi connectivity index (χ0v) is 11.6. The summed E-state index contributed by atoms with van der Waals surface area (Å²) >= 11 is 0. The molecule has 4 nitrogen and oxygen atoms in total. The lowest BCUT2D eigenvalue weighted by atomic mass is 10.1. The molecule has 2 aromatic carbocycles. The molecule has 21 heavy (non-hydrogen) atoms. The number of nitriles is 1. The van der Waals surface area contributed by atoms with Gasteiger partial charge in [0.25, 0.3) is 0 Å². The molecule has 0 heterocycles. The van der Waals surface area contributed by atoms with Gasteiger partial charge in [0.15, 0.2) is 11.5 Å². The predicted octanol–water partition coefficient (Wildman–Crippen LogP) is 2.74. The first kappa shape index (κ1) is 14.8. The highest BCUT2D eigenvalue weighted by molar-refractivity contribution is 5.43. The first-order chi connectivity index (χ1) is 10.2. The Morgan fingerprint density at radius 1 is 1.14 bits per heavy atom. The molecular weight excluding hydrogens is 271 g/mol. The van der Waals surface area contributed by atoms with E-state index in [-0.39, 0.29) is 12.2 Å². The molecule has 0 saturated carbocycles. The summed E-state index contributed by atoms with van der Waals surface area (Å²) in [6.07, 6.45) is 0. The number of benzene rings is 2. The van der Waals surface area contributed by atoms with Gasteiger partial charge in [0.05, 0.1) is 18.7 Å². The maximum absolute atomic E-state index is 13.4. The molecule has 108 valence electrons. The summed E-state index contributed by atoms with van der Waals surface area (Å²) in [4.78, 5) is 0. The van der Waals surface area contributed by atoms with Crippen molar-refractivity contribution in [1.29, 1.82) is 5.26 Å². The molecule has 2 aromatic rings. The second kappa shape index (κ2) is 6.73. The third-order valence-electron chi connectivity index (χ3n) is 2.94. The van der Waals surface area contributed by atoms with E-state index in [1.807, 2.05) is 12.1 Å². The highest BCUT2D eigenvalue weighted by Gasteiger charge is 2.07. The fourth-order valence-electron chi connectivity index (χ4n) is 1.92. The lowest BCUT2D eigenvalue weighted by Crippen LogP contribution is -2.01. The summed E-state index contributed by atoms with van der Waals surface area (Å²) in [5.74, 6) is 0.641. The minimum absolute atomic E-state index is 0.136. The van der Waals surface area contributed by atoms with Crippen molar-refractivity contribution in [2.45, 2.75) is 13.2 Å². The smallest absolute Gasteiger partial charge is 0.161 e. The molecule has 0 spiro atoms. The van der Waals surface area contributed by atoms with Crippen molar-refractivity contribution < 1.29 is 13.9 Å². The number of hydrogen-bond acceptors (Lipinski definition) is 4. The van der Waals surface area contributed by atoms with Gasteiger partial charge in [0.1, 0.15) is 12.4 Å². The first-order valence-corrected chi connectivity index (χ1v) is 6.35. The SMILES string of the molecule is COc1ccc(CN)cc1OCc1cc(F)cc(C#N)c1. The van der Waals surface area contributed by atoms with Crippen molar-refractivity contribution >= 4 is 0 Å². The molecule has 2 rings (SSSR count). The molecule has 0 saturated heterocycles. The van der Waals surface area contributed by atoms with Gasteiger partial charge in [0.2, 0.25) is 0 Å². The van der Waals surface area contributed by atoms with E-state index in [2.05, 4.69) is 0 Å². The summed E-state index contributed by atoms with van der Waals surface area (Å²) in [6, 6.07) is 11.4. The summed E-state index contributed by atoms with van der Waals surface area (Å²) in [5, 5.41) is 8.83. The molecule has 0 unspecified atom stereocenters. The molecule has 5 heteroatoms. The van der Waals surface area contributed by atoms with Gasteiger partial charge in [0, 0.05) is 6.54 Å². The van der Waals surface area contributed by atoms with Crippen molar-refractivity contribution in [3.63, 3.8) is 0 Å². The molecule has 0 aliphatic carbocycles. The van der Waals surface area contributed by atoms with Crippen LogP contribution in [0.4, 0.5) is 4.39 Å². The van der Waals surface area contributed by atoms with Crippen LogP contribution >= 0.6 is 0 Å². The van der Waals surface area contributed by atoms with Crippen LogP contribution < -0.4 is 15.2 Å². The molecule has 0 aromatic heterocycles. The van der Waals surface area contributed by atoms with E-state index in [0.29, 0.717) is 23.6 Å². The first-order valence-electron chi connectivity index (χ1n) is 6.35. The van der Waals surface area contributed by atoms with Crippen LogP contribution in [0, 0.1) is 17.1 Å². The van der Waals surface area contributed by atoms with Crippen LogP contribution in [0.5, 0.6) is 11.5 Å². The van der Waals surface area contributed by atoms with Crippen LogP contribution in [0.25, 0.3) is 0 Å². The zero-order chi connectivity index (χ0) is 15.2. The zero-order valence-electron chi connectivity index (χ0n) is 11.6. The van der Waals surface area contributed by atoms with E-state index in [0.717, 1.165) is 5.56 Å². The van der Waals surface area contributed by atoms with Crippen molar-refractivity contribution in [3.05, 3.63) is 58.9 Å². The topological polar surface area (TPSA) is 68.3 Å². The fourth-order valence-corrected chi connectivity index (χ4v) is 1.92. The fraction of sp³-hybridized carbons (Fsp3) is 0.188. The van der Waals surface area contributed by atoms with Gasteiger partial charge in [-0.1, -0.05) is 6.07 Å². The normalized spacial score (nSPS) is 10.0. The van der Waals surface area contributed by atoms with Gasteiger partial charge in [-0.25, -0.2) is 4.39 Å². The molecule has 0 aliphatic heterocycles. The summed E-state index contributed by atoms with van der Waals surface area (Å²) in [5.41, 5.74) is 7.33. The van der Waals surface area contributed by atoms with Gasteiger partial charge >= 0.3 is 0 Å². The van der Waals surface area contributed by atoms with E-state index in [9.17, 15) is 4.39 Å². The van der Waals surface area contributed by atoms with E-state index < -0.39 is 5.82 Å². The van der Waals surface area contributed by atoms with Crippen LogP contribution in [0.1, 0.15) is 16.7 Å². The van der Waals surface area contributed by atoms with Crippen LogP contribution in [0.15, 0.2) is 36.4 Å². The summed E-state index contributed by atoms with van der Waals surface area (Å²) in [7, 11) is 1.54. The number of rotatable bonds is 5. The lowest BCUT2D eigenvalue weighted by Gasteiger charge is -2.12. The third kappa shape index (κ3) is 3.71. The highest BCUT2D eigenvalue weighted by Crippen LogP contribution is 2.28. The Balaban J connectivity index is 2.19. The Hall–Kier alpha value is -2.58. The highest BCUT2D eigenvalue weighted by atomic mass is 19.1. The van der Waals surface area contributed by atoms with E-state index in [1.165, 1.54) is 12.1 Å². The van der Waals surface area contributed by atoms with Crippen molar-refractivity contribution in [2.75, 3.05) is 7.11 Å². The summed E-state index contributed by atoms with van der Waals surface area (Å²) < 4.78 is 24.2. The molecule has 0 amide bonds. The van der Waals surface area contributed by atoms with E-state index in [4.69, 9.17) is 20.5 Å². The number of halogens is 1.